The third-order valence-corrected chi connectivity index (χ3v) is 4.09. The number of benzene rings is 2. The maximum absolute atomic E-state index is 12.5. The van der Waals surface area contributed by atoms with Gasteiger partial charge in [0.15, 0.2) is 5.69 Å². The number of hydrogen-bond acceptors (Lipinski definition) is 2. The van der Waals surface area contributed by atoms with Crippen molar-refractivity contribution in [3.8, 4) is 5.69 Å². The van der Waals surface area contributed by atoms with Gasteiger partial charge in [-0.05, 0) is 49.7 Å². The van der Waals surface area contributed by atoms with E-state index in [0.717, 1.165) is 16.9 Å². The Labute approximate surface area is 146 Å². The molecule has 4 nitrogen and oxygen atoms in total. The molecule has 0 aliphatic rings. The summed E-state index contributed by atoms with van der Waals surface area (Å²) in [5.74, 6) is -0.199. The molecule has 0 saturated carbocycles. The topological polar surface area (TPSA) is 46.9 Å². The van der Waals surface area contributed by atoms with Crippen LogP contribution < -0.4 is 5.32 Å². The van der Waals surface area contributed by atoms with E-state index >= 15 is 0 Å². The Balaban J connectivity index is 1.77. The minimum atomic E-state index is -0.199. The highest BCUT2D eigenvalue weighted by Gasteiger charge is 2.16. The van der Waals surface area contributed by atoms with Gasteiger partial charge in [0.1, 0.15) is 0 Å². The number of hydrogen-bond donors (Lipinski definition) is 1. The van der Waals surface area contributed by atoms with Crippen LogP contribution in [-0.2, 0) is 0 Å². The standard InChI is InChI=1S/C19H18ClN3O/c1-13-12-18(22-23(13)17-6-4-3-5-7-17)19(24)21-14(2)15-8-10-16(20)11-9-15/h3-12,14H,1-2H3,(H,21,24). The third kappa shape index (κ3) is 3.49. The maximum Gasteiger partial charge on any atom is 0.272 e. The van der Waals surface area contributed by atoms with Crippen LogP contribution >= 0.6 is 11.6 Å². The Kier molecular flexibility index (Phi) is 4.67. The fourth-order valence-electron chi connectivity index (χ4n) is 2.52. The van der Waals surface area contributed by atoms with Gasteiger partial charge in [-0.15, -0.1) is 0 Å². The molecule has 1 unspecified atom stereocenters. The van der Waals surface area contributed by atoms with Gasteiger partial charge < -0.3 is 5.32 Å². The zero-order valence-electron chi connectivity index (χ0n) is 13.5. The highest BCUT2D eigenvalue weighted by atomic mass is 35.5. The number of amides is 1. The second-order valence-electron chi connectivity index (χ2n) is 5.67. The quantitative estimate of drug-likeness (QED) is 0.769. The lowest BCUT2D eigenvalue weighted by molar-refractivity contribution is 0.0934. The monoisotopic (exact) mass is 339 g/mol. The van der Waals surface area contributed by atoms with Gasteiger partial charge in [0.25, 0.3) is 5.91 Å². The van der Waals surface area contributed by atoms with Crippen LogP contribution in [0.1, 0.15) is 34.7 Å². The van der Waals surface area contributed by atoms with Crippen LogP contribution in [0.5, 0.6) is 0 Å². The first-order valence-corrected chi connectivity index (χ1v) is 8.11. The van der Waals surface area contributed by atoms with Crippen LogP contribution in [0.3, 0.4) is 0 Å². The highest BCUT2D eigenvalue weighted by molar-refractivity contribution is 6.30. The first-order valence-electron chi connectivity index (χ1n) is 7.73. The fraction of sp³-hybridized carbons (Fsp3) is 0.158. The Hall–Kier alpha value is -2.59. The minimum Gasteiger partial charge on any atom is -0.344 e. The van der Waals surface area contributed by atoms with Gasteiger partial charge in [-0.25, -0.2) is 4.68 Å². The number of nitrogens with one attached hydrogen (secondary N) is 1. The summed E-state index contributed by atoms with van der Waals surface area (Å²) in [6.07, 6.45) is 0. The van der Waals surface area contributed by atoms with Crippen LogP contribution in [0, 0.1) is 6.92 Å². The van der Waals surface area contributed by atoms with Crippen LogP contribution in [-0.4, -0.2) is 15.7 Å². The van der Waals surface area contributed by atoms with Gasteiger partial charge in [0.2, 0.25) is 0 Å². The van der Waals surface area contributed by atoms with Gasteiger partial charge in [0.05, 0.1) is 11.7 Å². The molecule has 3 aromatic rings. The highest BCUT2D eigenvalue weighted by Crippen LogP contribution is 2.17. The molecule has 0 aliphatic heterocycles. The molecule has 24 heavy (non-hydrogen) atoms. The molecule has 0 spiro atoms. The summed E-state index contributed by atoms with van der Waals surface area (Å²) in [4.78, 5) is 12.5. The number of para-hydroxylation sites is 1. The lowest BCUT2D eigenvalue weighted by Crippen LogP contribution is -2.27. The van der Waals surface area contributed by atoms with Crippen molar-refractivity contribution >= 4 is 17.5 Å². The second kappa shape index (κ2) is 6.89. The summed E-state index contributed by atoms with van der Waals surface area (Å²) in [5, 5.41) is 8.07. The van der Waals surface area contributed by atoms with E-state index in [4.69, 9.17) is 11.6 Å². The first kappa shape index (κ1) is 16.3. The van der Waals surface area contributed by atoms with E-state index in [-0.39, 0.29) is 11.9 Å². The molecule has 1 aromatic heterocycles. The minimum absolute atomic E-state index is 0.128. The second-order valence-corrected chi connectivity index (χ2v) is 6.10. The van der Waals surface area contributed by atoms with Gasteiger partial charge in [0, 0.05) is 10.7 Å². The molecule has 122 valence electrons. The summed E-state index contributed by atoms with van der Waals surface area (Å²) in [6.45, 7) is 3.86. The van der Waals surface area contributed by atoms with E-state index in [1.54, 1.807) is 10.7 Å². The molecular formula is C19H18ClN3O. The van der Waals surface area contributed by atoms with E-state index in [0.29, 0.717) is 10.7 Å². The van der Waals surface area contributed by atoms with Crippen LogP contribution in [0.15, 0.2) is 60.7 Å². The molecule has 3 rings (SSSR count). The molecular weight excluding hydrogens is 322 g/mol. The average Bonchev–Trinajstić information content (AvgIpc) is 2.98. The number of carbonyl (C=O) groups is 1. The predicted octanol–water partition coefficient (Wildman–Crippen LogP) is 4.33. The van der Waals surface area contributed by atoms with Crippen LogP contribution in [0.4, 0.5) is 0 Å². The summed E-state index contributed by atoms with van der Waals surface area (Å²) in [7, 11) is 0. The Morgan fingerprint density at radius 1 is 1.12 bits per heavy atom. The summed E-state index contributed by atoms with van der Waals surface area (Å²) >= 11 is 5.90. The van der Waals surface area contributed by atoms with Crippen molar-refractivity contribution in [1.29, 1.82) is 0 Å². The Morgan fingerprint density at radius 3 is 2.46 bits per heavy atom. The molecule has 0 saturated heterocycles. The van der Waals surface area contributed by atoms with Crippen LogP contribution in [0.2, 0.25) is 5.02 Å². The normalized spacial score (nSPS) is 12.0. The van der Waals surface area contributed by atoms with Gasteiger partial charge >= 0.3 is 0 Å². The van der Waals surface area contributed by atoms with E-state index in [2.05, 4.69) is 10.4 Å². The Bertz CT molecular complexity index is 841. The summed E-state index contributed by atoms with van der Waals surface area (Å²) in [6, 6.07) is 18.8. The molecule has 1 amide bonds. The largest absolute Gasteiger partial charge is 0.344 e. The lowest BCUT2D eigenvalue weighted by Gasteiger charge is -2.13. The SMILES string of the molecule is Cc1cc(C(=O)NC(C)c2ccc(Cl)cc2)nn1-c1ccccc1. The van der Waals surface area contributed by atoms with E-state index in [1.807, 2.05) is 68.4 Å². The molecule has 0 fully saturated rings. The van der Waals surface area contributed by atoms with Gasteiger partial charge in [-0.1, -0.05) is 41.9 Å². The summed E-state index contributed by atoms with van der Waals surface area (Å²) < 4.78 is 1.77. The van der Waals surface area contributed by atoms with Gasteiger partial charge in [-0.2, -0.15) is 5.10 Å². The number of nitrogens with zero attached hydrogens (tertiary/aromatic N) is 2. The van der Waals surface area contributed by atoms with E-state index < -0.39 is 0 Å². The molecule has 1 atom stereocenters. The molecule has 2 aromatic carbocycles. The number of halogens is 1. The van der Waals surface area contributed by atoms with E-state index in [1.165, 1.54) is 0 Å². The van der Waals surface area contributed by atoms with Crippen molar-refractivity contribution in [2.75, 3.05) is 0 Å². The molecule has 1 heterocycles. The summed E-state index contributed by atoms with van der Waals surface area (Å²) in [5.41, 5.74) is 3.23. The van der Waals surface area contributed by atoms with Crippen LogP contribution in [0.25, 0.3) is 5.69 Å². The van der Waals surface area contributed by atoms with Crippen molar-refractivity contribution in [3.05, 3.63) is 82.6 Å². The van der Waals surface area contributed by atoms with Gasteiger partial charge in [-0.3, -0.25) is 4.79 Å². The number of aromatic nitrogens is 2. The predicted molar refractivity (Wildman–Crippen MR) is 95.6 cm³/mol. The zero-order chi connectivity index (χ0) is 17.1. The Morgan fingerprint density at radius 2 is 1.79 bits per heavy atom. The average molecular weight is 340 g/mol. The molecule has 5 heteroatoms. The van der Waals surface area contributed by atoms with Crippen molar-refractivity contribution in [3.63, 3.8) is 0 Å². The number of aryl methyl sites for hydroxylation is 1. The van der Waals surface area contributed by atoms with Crippen molar-refractivity contribution in [1.82, 2.24) is 15.1 Å². The molecule has 1 N–H and O–H groups in total. The molecule has 0 radical (unpaired) electrons. The maximum atomic E-state index is 12.5. The zero-order valence-corrected chi connectivity index (χ0v) is 14.3. The fourth-order valence-corrected chi connectivity index (χ4v) is 2.65. The smallest absolute Gasteiger partial charge is 0.272 e. The third-order valence-electron chi connectivity index (χ3n) is 3.84. The number of carbonyl (C=O) groups excluding carboxylic acids is 1. The van der Waals surface area contributed by atoms with Crippen molar-refractivity contribution in [2.45, 2.75) is 19.9 Å². The molecule has 0 aliphatic carbocycles. The first-order chi connectivity index (χ1) is 11.5. The van der Waals surface area contributed by atoms with E-state index in [9.17, 15) is 4.79 Å². The molecule has 0 bridgehead atoms. The lowest BCUT2D eigenvalue weighted by atomic mass is 10.1. The van der Waals surface area contributed by atoms with Crippen molar-refractivity contribution < 1.29 is 4.79 Å². The number of rotatable bonds is 4. The van der Waals surface area contributed by atoms with Crippen molar-refractivity contribution in [2.24, 2.45) is 0 Å².